The number of benzene rings is 1. The van der Waals surface area contributed by atoms with Crippen molar-refractivity contribution in [2.75, 3.05) is 5.32 Å². The maximum absolute atomic E-state index is 12.5. The number of aromatic carboxylic acids is 1. The number of carboxylic acids is 1. The van der Waals surface area contributed by atoms with Gasteiger partial charge in [-0.3, -0.25) is 4.79 Å². The van der Waals surface area contributed by atoms with E-state index in [1.165, 1.54) is 6.92 Å². The highest BCUT2D eigenvalue weighted by atomic mass is 19.4. The predicted molar refractivity (Wildman–Crippen MR) is 60.7 cm³/mol. The number of amides is 1. The summed E-state index contributed by atoms with van der Waals surface area (Å²) in [5, 5.41) is 10.9. The van der Waals surface area contributed by atoms with Crippen LogP contribution in [-0.4, -0.2) is 23.0 Å². The Balaban J connectivity index is 3.24. The second kappa shape index (κ2) is 5.27. The van der Waals surface area contributed by atoms with Crippen LogP contribution in [0, 0.1) is 0 Å². The number of hydrogen-bond donors (Lipinski definition) is 3. The molecule has 1 rings (SSSR count). The third kappa shape index (κ3) is 3.68. The van der Waals surface area contributed by atoms with Crippen molar-refractivity contribution in [3.05, 3.63) is 29.3 Å². The summed E-state index contributed by atoms with van der Waals surface area (Å²) in [6, 6.07) is 0.993. The van der Waals surface area contributed by atoms with Crippen molar-refractivity contribution < 1.29 is 27.9 Å². The molecule has 0 spiro atoms. The Kier molecular flexibility index (Phi) is 4.15. The molecular weight excluding hydrogens is 265 g/mol. The van der Waals surface area contributed by atoms with Gasteiger partial charge in [-0.2, -0.15) is 13.2 Å². The van der Waals surface area contributed by atoms with Crippen LogP contribution >= 0.6 is 0 Å². The summed E-state index contributed by atoms with van der Waals surface area (Å²) in [6.45, 7) is 1.32. The lowest BCUT2D eigenvalue weighted by Gasteiger charge is -2.13. The number of rotatable bonds is 3. The molecule has 1 atom stereocenters. The average Bonchev–Trinajstić information content (AvgIpc) is 2.27. The molecule has 0 saturated carbocycles. The van der Waals surface area contributed by atoms with Gasteiger partial charge in [-0.1, -0.05) is 0 Å². The summed E-state index contributed by atoms with van der Waals surface area (Å²) in [4.78, 5) is 22.2. The largest absolute Gasteiger partial charge is 0.478 e. The van der Waals surface area contributed by atoms with Crippen LogP contribution < -0.4 is 11.1 Å². The summed E-state index contributed by atoms with van der Waals surface area (Å²) >= 11 is 0. The normalized spacial score (nSPS) is 12.9. The van der Waals surface area contributed by atoms with Gasteiger partial charge >= 0.3 is 12.1 Å². The number of carboxylic acid groups (broad SMARTS) is 1. The van der Waals surface area contributed by atoms with E-state index in [1.54, 1.807) is 0 Å². The Morgan fingerprint density at radius 1 is 1.37 bits per heavy atom. The first kappa shape index (κ1) is 15.0. The Hall–Kier alpha value is -2.09. The zero-order chi connectivity index (χ0) is 14.8. The van der Waals surface area contributed by atoms with Crippen molar-refractivity contribution in [1.29, 1.82) is 0 Å². The second-order valence-corrected chi connectivity index (χ2v) is 3.84. The van der Waals surface area contributed by atoms with E-state index in [0.717, 1.165) is 6.07 Å². The van der Waals surface area contributed by atoms with Gasteiger partial charge in [-0.05, 0) is 25.1 Å². The number of anilines is 1. The van der Waals surface area contributed by atoms with E-state index >= 15 is 0 Å². The first-order chi connectivity index (χ1) is 8.62. The molecule has 0 unspecified atom stereocenters. The van der Waals surface area contributed by atoms with Crippen molar-refractivity contribution in [2.45, 2.75) is 19.1 Å². The Labute approximate surface area is 106 Å². The molecule has 0 aliphatic carbocycles. The molecule has 1 aromatic rings. The van der Waals surface area contributed by atoms with E-state index in [-0.39, 0.29) is 0 Å². The zero-order valence-corrected chi connectivity index (χ0v) is 9.78. The van der Waals surface area contributed by atoms with E-state index in [9.17, 15) is 22.8 Å². The summed E-state index contributed by atoms with van der Waals surface area (Å²) in [7, 11) is 0. The van der Waals surface area contributed by atoms with Gasteiger partial charge in [0, 0.05) is 0 Å². The number of carbonyl (C=O) groups is 2. The molecule has 0 radical (unpaired) electrons. The minimum absolute atomic E-state index is 0.440. The molecule has 19 heavy (non-hydrogen) atoms. The van der Waals surface area contributed by atoms with Crippen LogP contribution in [0.2, 0.25) is 0 Å². The van der Waals surface area contributed by atoms with Crippen molar-refractivity contribution >= 4 is 17.6 Å². The first-order valence-corrected chi connectivity index (χ1v) is 5.14. The van der Waals surface area contributed by atoms with Gasteiger partial charge in [-0.25, -0.2) is 4.79 Å². The van der Waals surface area contributed by atoms with Crippen LogP contribution in [0.5, 0.6) is 0 Å². The lowest BCUT2D eigenvalue weighted by molar-refractivity contribution is -0.137. The molecule has 1 amide bonds. The van der Waals surface area contributed by atoms with Gasteiger partial charge in [0.15, 0.2) is 0 Å². The van der Waals surface area contributed by atoms with Gasteiger partial charge in [0.2, 0.25) is 5.91 Å². The third-order valence-electron chi connectivity index (χ3n) is 2.25. The predicted octanol–water partition coefficient (Wildman–Crippen LogP) is 1.69. The van der Waals surface area contributed by atoms with Gasteiger partial charge < -0.3 is 16.2 Å². The molecule has 8 heteroatoms. The number of carbonyl (C=O) groups excluding carboxylic acids is 1. The van der Waals surface area contributed by atoms with E-state index in [0.29, 0.717) is 12.1 Å². The molecule has 0 aromatic heterocycles. The summed E-state index contributed by atoms with van der Waals surface area (Å²) in [6.07, 6.45) is -4.63. The highest BCUT2D eigenvalue weighted by molar-refractivity contribution is 6.02. The minimum Gasteiger partial charge on any atom is -0.478 e. The molecule has 0 saturated heterocycles. The van der Waals surface area contributed by atoms with Crippen LogP contribution in [0.4, 0.5) is 18.9 Å². The Morgan fingerprint density at radius 3 is 2.37 bits per heavy atom. The first-order valence-electron chi connectivity index (χ1n) is 5.14. The van der Waals surface area contributed by atoms with Crippen molar-refractivity contribution in [2.24, 2.45) is 5.73 Å². The molecule has 1 aromatic carbocycles. The van der Waals surface area contributed by atoms with Crippen LogP contribution in [0.25, 0.3) is 0 Å². The van der Waals surface area contributed by atoms with Crippen molar-refractivity contribution in [3.63, 3.8) is 0 Å². The molecule has 5 nitrogen and oxygen atoms in total. The summed E-state index contributed by atoms with van der Waals surface area (Å²) in [5.74, 6) is -2.23. The topological polar surface area (TPSA) is 92.4 Å². The number of nitrogens with two attached hydrogens (primary N) is 1. The molecule has 4 N–H and O–H groups in total. The highest BCUT2D eigenvalue weighted by Crippen LogP contribution is 2.32. The van der Waals surface area contributed by atoms with E-state index in [1.807, 2.05) is 0 Å². The van der Waals surface area contributed by atoms with Gasteiger partial charge in [0.1, 0.15) is 0 Å². The smallest absolute Gasteiger partial charge is 0.416 e. The maximum Gasteiger partial charge on any atom is 0.416 e. The standard InChI is InChI=1S/C11H11F3N2O3/c1-5(15)9(17)16-8-4-6(11(12,13)14)2-3-7(8)10(18)19/h2-5H,15H2,1H3,(H,16,17)(H,18,19)/t5-/m0/s1. The fourth-order valence-electron chi connectivity index (χ4n) is 1.26. The summed E-state index contributed by atoms with van der Waals surface area (Å²) in [5.41, 5.74) is 3.31. The number of halogens is 3. The average molecular weight is 276 g/mol. The molecule has 0 heterocycles. The molecular formula is C11H11F3N2O3. The lowest BCUT2D eigenvalue weighted by Crippen LogP contribution is -2.33. The third-order valence-corrected chi connectivity index (χ3v) is 2.25. The van der Waals surface area contributed by atoms with Crippen LogP contribution in [-0.2, 0) is 11.0 Å². The molecule has 104 valence electrons. The highest BCUT2D eigenvalue weighted by Gasteiger charge is 2.31. The minimum atomic E-state index is -4.63. The second-order valence-electron chi connectivity index (χ2n) is 3.84. The van der Waals surface area contributed by atoms with Crippen molar-refractivity contribution in [1.82, 2.24) is 0 Å². The fourth-order valence-corrected chi connectivity index (χ4v) is 1.26. The van der Waals surface area contributed by atoms with Crippen LogP contribution in [0.3, 0.4) is 0 Å². The van der Waals surface area contributed by atoms with Crippen molar-refractivity contribution in [3.8, 4) is 0 Å². The van der Waals surface area contributed by atoms with Crippen LogP contribution in [0.1, 0.15) is 22.8 Å². The maximum atomic E-state index is 12.5. The molecule has 0 aliphatic rings. The number of alkyl halides is 3. The SMILES string of the molecule is C[C@H](N)C(=O)Nc1cc(C(F)(F)F)ccc1C(=O)O. The molecule has 0 fully saturated rings. The van der Waals surface area contributed by atoms with Gasteiger partial charge in [-0.15, -0.1) is 0 Å². The Bertz CT molecular complexity index is 512. The number of hydrogen-bond acceptors (Lipinski definition) is 3. The molecule has 0 aliphatic heterocycles. The zero-order valence-electron chi connectivity index (χ0n) is 9.78. The number of nitrogens with one attached hydrogen (secondary N) is 1. The molecule has 0 bridgehead atoms. The lowest BCUT2D eigenvalue weighted by atomic mass is 10.1. The quantitative estimate of drug-likeness (QED) is 0.783. The van der Waals surface area contributed by atoms with E-state index in [2.05, 4.69) is 5.32 Å². The van der Waals surface area contributed by atoms with Gasteiger partial charge in [0.25, 0.3) is 0 Å². The van der Waals surface area contributed by atoms with Crippen LogP contribution in [0.15, 0.2) is 18.2 Å². The van der Waals surface area contributed by atoms with Gasteiger partial charge in [0.05, 0.1) is 22.9 Å². The monoisotopic (exact) mass is 276 g/mol. The van der Waals surface area contributed by atoms with E-state index < -0.39 is 40.9 Å². The summed E-state index contributed by atoms with van der Waals surface area (Å²) < 4.78 is 37.5. The Morgan fingerprint density at radius 2 is 1.95 bits per heavy atom. The fraction of sp³-hybridized carbons (Fsp3) is 0.273. The van der Waals surface area contributed by atoms with E-state index in [4.69, 9.17) is 10.8 Å².